The molecule has 2 aromatic rings. The number of ether oxygens (including phenoxy) is 4. The van der Waals surface area contributed by atoms with Crippen LogP contribution in [0.4, 0.5) is 16.2 Å². The van der Waals surface area contributed by atoms with Crippen molar-refractivity contribution in [1.29, 1.82) is 0 Å². The van der Waals surface area contributed by atoms with Crippen LogP contribution >= 0.6 is 0 Å². The van der Waals surface area contributed by atoms with Gasteiger partial charge in [-0.15, -0.1) is 0 Å². The van der Waals surface area contributed by atoms with E-state index >= 15 is 0 Å². The Morgan fingerprint density at radius 3 is 2.24 bits per heavy atom. The molecule has 2 amide bonds. The number of aliphatic hydroxyl groups excluding tert-OH is 1. The third-order valence-electron chi connectivity index (χ3n) is 6.15. The van der Waals surface area contributed by atoms with Crippen molar-refractivity contribution in [3.63, 3.8) is 0 Å². The summed E-state index contributed by atoms with van der Waals surface area (Å²) in [7, 11) is 4.48. The van der Waals surface area contributed by atoms with Gasteiger partial charge >= 0.3 is 12.0 Å². The number of methoxy groups -OCH3 is 3. The van der Waals surface area contributed by atoms with Gasteiger partial charge in [0.1, 0.15) is 30.0 Å². The zero-order chi connectivity index (χ0) is 28.0. The largest absolute Gasteiger partial charge is 0.497 e. The quantitative estimate of drug-likeness (QED) is 0.380. The van der Waals surface area contributed by atoms with Gasteiger partial charge in [-0.25, -0.2) is 9.78 Å². The van der Waals surface area contributed by atoms with E-state index in [1.54, 1.807) is 34.1 Å². The highest BCUT2D eigenvalue weighted by Gasteiger charge is 2.35. The van der Waals surface area contributed by atoms with Crippen molar-refractivity contribution in [3.8, 4) is 17.4 Å². The van der Waals surface area contributed by atoms with Gasteiger partial charge < -0.3 is 29.0 Å². The molecule has 1 N–H and O–H groups in total. The Balaban J connectivity index is 1.93. The lowest BCUT2D eigenvalue weighted by Gasteiger charge is -2.41. The predicted octanol–water partition coefficient (Wildman–Crippen LogP) is 2.25. The number of amides is 2. The van der Waals surface area contributed by atoms with Gasteiger partial charge in [-0.2, -0.15) is 0 Å². The van der Waals surface area contributed by atoms with Gasteiger partial charge in [0.15, 0.2) is 5.78 Å². The first-order chi connectivity index (χ1) is 18.1. The van der Waals surface area contributed by atoms with E-state index in [2.05, 4.69) is 4.98 Å². The second-order valence-electron chi connectivity index (χ2n) is 8.57. The number of esters is 1. The molecule has 0 bridgehead atoms. The van der Waals surface area contributed by atoms with Crippen LogP contribution in [0, 0.1) is 6.92 Å². The third kappa shape index (κ3) is 6.25. The summed E-state index contributed by atoms with van der Waals surface area (Å²) in [5.41, 5.74) is 1.57. The third-order valence-corrected chi connectivity index (χ3v) is 6.15. The molecule has 1 fully saturated rings. The SMILES string of the molecule is CCOC(=O)CN(C(=O)N1CCN(c2cc(OC)cc(OC)c2)CC1O)c1cc(C(C)=O)c(C)nc1OC. The maximum absolute atomic E-state index is 13.8. The number of β-amino-alcohol motifs (C(OH)–C–C–N with tert-alkyl or cyclic N) is 1. The minimum atomic E-state index is -1.21. The van der Waals surface area contributed by atoms with Crippen molar-refractivity contribution >= 4 is 29.2 Å². The minimum absolute atomic E-state index is 0.0572. The Kier molecular flexibility index (Phi) is 9.35. The molecule has 0 spiro atoms. The topological polar surface area (TPSA) is 131 Å². The Morgan fingerprint density at radius 2 is 1.71 bits per heavy atom. The maximum atomic E-state index is 13.8. The monoisotopic (exact) mass is 530 g/mol. The smallest absolute Gasteiger partial charge is 0.327 e. The first kappa shape index (κ1) is 28.5. The molecule has 38 heavy (non-hydrogen) atoms. The number of aryl methyl sites for hydroxylation is 1. The fourth-order valence-corrected chi connectivity index (χ4v) is 4.22. The number of hydrogen-bond donors (Lipinski definition) is 1. The Labute approximate surface area is 221 Å². The average molecular weight is 531 g/mol. The molecule has 1 unspecified atom stereocenters. The van der Waals surface area contributed by atoms with Crippen molar-refractivity contribution < 1.29 is 38.4 Å². The van der Waals surface area contributed by atoms with Gasteiger partial charge in [-0.3, -0.25) is 19.4 Å². The molecule has 1 aliphatic rings. The summed E-state index contributed by atoms with van der Waals surface area (Å²) in [5, 5.41) is 11.0. The van der Waals surface area contributed by atoms with Crippen LogP contribution in [0.5, 0.6) is 17.4 Å². The van der Waals surface area contributed by atoms with Crippen molar-refractivity contribution in [1.82, 2.24) is 9.88 Å². The number of pyridine rings is 1. The number of hydrogen-bond acceptors (Lipinski definition) is 10. The van der Waals surface area contributed by atoms with Crippen molar-refractivity contribution in [2.75, 3.05) is 63.9 Å². The van der Waals surface area contributed by atoms with E-state index in [0.717, 1.165) is 10.6 Å². The van der Waals surface area contributed by atoms with Crippen LogP contribution in [0.3, 0.4) is 0 Å². The van der Waals surface area contributed by atoms with Gasteiger partial charge in [0.25, 0.3) is 0 Å². The van der Waals surface area contributed by atoms with Gasteiger partial charge in [0.05, 0.1) is 40.2 Å². The minimum Gasteiger partial charge on any atom is -0.497 e. The van der Waals surface area contributed by atoms with Crippen LogP contribution in [-0.4, -0.2) is 93.1 Å². The summed E-state index contributed by atoms with van der Waals surface area (Å²) >= 11 is 0. The normalized spacial score (nSPS) is 15.1. The number of nitrogens with zero attached hydrogens (tertiary/aromatic N) is 4. The van der Waals surface area contributed by atoms with Gasteiger partial charge in [0, 0.05) is 42.5 Å². The van der Waals surface area contributed by atoms with E-state index in [0.29, 0.717) is 23.7 Å². The van der Waals surface area contributed by atoms with E-state index in [-0.39, 0.29) is 42.6 Å². The standard InChI is InChI=1S/C26H34N4O8/c1-7-38-24(33)15-30(22-13-21(17(3)31)16(2)27-25(22)37-6)26(34)29-9-8-28(14-23(29)32)18-10-19(35-4)12-20(11-18)36-5/h10-13,23,32H,7-9,14-15H2,1-6H3. The highest BCUT2D eigenvalue weighted by molar-refractivity contribution is 6.01. The summed E-state index contributed by atoms with van der Waals surface area (Å²) in [6, 6.07) is 6.17. The van der Waals surface area contributed by atoms with Crippen LogP contribution in [-0.2, 0) is 9.53 Å². The summed E-state index contributed by atoms with van der Waals surface area (Å²) in [4.78, 5) is 47.0. The molecule has 1 aromatic carbocycles. The number of piperazine rings is 1. The molecule has 1 atom stereocenters. The van der Waals surface area contributed by atoms with E-state index < -0.39 is 24.8 Å². The highest BCUT2D eigenvalue weighted by Crippen LogP contribution is 2.32. The number of anilines is 2. The summed E-state index contributed by atoms with van der Waals surface area (Å²) in [5.74, 6) is 0.317. The molecule has 12 nitrogen and oxygen atoms in total. The molecule has 0 aliphatic carbocycles. The number of carbonyl (C=O) groups excluding carboxylic acids is 3. The molecule has 0 saturated carbocycles. The van der Waals surface area contributed by atoms with Crippen LogP contribution in [0.1, 0.15) is 29.9 Å². The lowest BCUT2D eigenvalue weighted by Crippen LogP contribution is -2.59. The van der Waals surface area contributed by atoms with Crippen LogP contribution < -0.4 is 24.0 Å². The molecule has 1 aromatic heterocycles. The number of carbonyl (C=O) groups is 3. The van der Waals surface area contributed by atoms with Gasteiger partial charge in [-0.05, 0) is 26.8 Å². The van der Waals surface area contributed by atoms with Crippen molar-refractivity contribution in [2.45, 2.75) is 27.0 Å². The number of aromatic nitrogens is 1. The molecule has 2 heterocycles. The van der Waals surface area contributed by atoms with Crippen molar-refractivity contribution in [2.24, 2.45) is 0 Å². The number of Topliss-reactive ketones (excluding diaryl/α,β-unsaturated/α-hetero) is 1. The zero-order valence-electron chi connectivity index (χ0n) is 22.5. The molecular formula is C26H34N4O8. The summed E-state index contributed by atoms with van der Waals surface area (Å²) in [6.45, 7) is 4.96. The Morgan fingerprint density at radius 1 is 1.05 bits per heavy atom. The highest BCUT2D eigenvalue weighted by atomic mass is 16.5. The van der Waals surface area contributed by atoms with Gasteiger partial charge in [0.2, 0.25) is 5.88 Å². The van der Waals surface area contributed by atoms with Crippen LogP contribution in [0.15, 0.2) is 24.3 Å². The lowest BCUT2D eigenvalue weighted by atomic mass is 10.1. The van der Waals surface area contributed by atoms with Crippen LogP contribution in [0.25, 0.3) is 0 Å². The molecule has 0 radical (unpaired) electrons. The molecule has 206 valence electrons. The zero-order valence-corrected chi connectivity index (χ0v) is 22.5. The van der Waals surface area contributed by atoms with Crippen LogP contribution in [0.2, 0.25) is 0 Å². The second-order valence-corrected chi connectivity index (χ2v) is 8.57. The maximum Gasteiger partial charge on any atom is 0.327 e. The second kappa shape index (κ2) is 12.5. The molecule has 1 saturated heterocycles. The fraction of sp³-hybridized carbons (Fsp3) is 0.462. The molecule has 1 aliphatic heterocycles. The molecule has 3 rings (SSSR count). The van der Waals surface area contributed by atoms with Crippen molar-refractivity contribution in [3.05, 3.63) is 35.5 Å². The van der Waals surface area contributed by atoms with Gasteiger partial charge in [-0.1, -0.05) is 0 Å². The number of urea groups is 1. The first-order valence-electron chi connectivity index (χ1n) is 12.1. The predicted molar refractivity (Wildman–Crippen MR) is 139 cm³/mol. The Hall–Kier alpha value is -4.06. The number of benzene rings is 1. The van der Waals surface area contributed by atoms with E-state index in [1.165, 1.54) is 25.0 Å². The molecule has 12 heteroatoms. The first-order valence-corrected chi connectivity index (χ1v) is 12.1. The number of rotatable bonds is 9. The van der Waals surface area contributed by atoms with E-state index in [1.807, 2.05) is 17.0 Å². The summed E-state index contributed by atoms with van der Waals surface area (Å²) < 4.78 is 21.1. The summed E-state index contributed by atoms with van der Waals surface area (Å²) in [6.07, 6.45) is -1.21. The number of aliphatic hydroxyl groups is 1. The van der Waals surface area contributed by atoms with E-state index in [4.69, 9.17) is 18.9 Å². The fourth-order valence-electron chi connectivity index (χ4n) is 4.22. The molecular weight excluding hydrogens is 496 g/mol. The number of ketones is 1. The van der Waals surface area contributed by atoms with E-state index in [9.17, 15) is 19.5 Å². The average Bonchev–Trinajstić information content (AvgIpc) is 2.90. The Bertz CT molecular complexity index is 1170. The lowest BCUT2D eigenvalue weighted by molar-refractivity contribution is -0.141.